The summed E-state index contributed by atoms with van der Waals surface area (Å²) >= 11 is 0. The summed E-state index contributed by atoms with van der Waals surface area (Å²) in [5.74, 6) is -0.429. The molecule has 2 aromatic carbocycles. The number of hydrogen-bond acceptors (Lipinski definition) is 8. The molecule has 1 N–H and O–H groups in total. The number of nitrogens with zero attached hydrogens (tertiary/aromatic N) is 2. The van der Waals surface area contributed by atoms with Crippen molar-refractivity contribution in [2.24, 2.45) is 0 Å². The molecule has 0 bridgehead atoms. The van der Waals surface area contributed by atoms with Crippen LogP contribution in [0.3, 0.4) is 0 Å². The molecule has 0 aliphatic carbocycles. The topological polar surface area (TPSA) is 151 Å². The third-order valence-electron chi connectivity index (χ3n) is 4.38. The molecule has 0 heterocycles. The number of nitro benzene ring substituents is 2. The number of non-ortho nitro benzene ring substituents is 1. The van der Waals surface area contributed by atoms with Crippen LogP contribution < -0.4 is 14.2 Å². The second-order valence-corrected chi connectivity index (χ2v) is 6.55. The maximum atomic E-state index is 11.1. The first kappa shape index (κ1) is 23.4. The molecule has 11 nitrogen and oxygen atoms in total. The van der Waals surface area contributed by atoms with Gasteiger partial charge in [-0.3, -0.25) is 20.2 Å². The predicted molar refractivity (Wildman–Crippen MR) is 109 cm³/mol. The highest BCUT2D eigenvalue weighted by Gasteiger charge is 2.22. The van der Waals surface area contributed by atoms with Crippen molar-refractivity contribution in [3.63, 3.8) is 0 Å². The number of hydrogen-bond donors (Lipinski definition) is 1. The molecule has 31 heavy (non-hydrogen) atoms. The van der Waals surface area contributed by atoms with E-state index in [1.165, 1.54) is 31.4 Å². The second kappa shape index (κ2) is 10.8. The zero-order chi connectivity index (χ0) is 23.0. The van der Waals surface area contributed by atoms with E-state index in [1.807, 2.05) is 0 Å². The van der Waals surface area contributed by atoms with E-state index in [4.69, 9.17) is 19.3 Å². The van der Waals surface area contributed by atoms with Gasteiger partial charge in [-0.1, -0.05) is 0 Å². The van der Waals surface area contributed by atoms with Gasteiger partial charge in [0, 0.05) is 6.07 Å². The van der Waals surface area contributed by atoms with Gasteiger partial charge >= 0.3 is 5.97 Å². The number of aromatic carboxylic acids is 1. The van der Waals surface area contributed by atoms with Crippen molar-refractivity contribution in [1.29, 1.82) is 0 Å². The molecular formula is C20H22N2O9. The molecule has 0 aromatic heterocycles. The van der Waals surface area contributed by atoms with Crippen LogP contribution in [-0.4, -0.2) is 41.2 Å². The Hall–Kier alpha value is -3.89. The molecule has 0 saturated carbocycles. The van der Waals surface area contributed by atoms with Gasteiger partial charge in [-0.15, -0.1) is 0 Å². The summed E-state index contributed by atoms with van der Waals surface area (Å²) in [6.07, 6.45) is 1.99. The van der Waals surface area contributed by atoms with Crippen molar-refractivity contribution < 1.29 is 34.0 Å². The summed E-state index contributed by atoms with van der Waals surface area (Å²) in [5.41, 5.74) is -0.511. The van der Waals surface area contributed by atoms with Crippen LogP contribution in [0.2, 0.25) is 0 Å². The van der Waals surface area contributed by atoms with Gasteiger partial charge in [-0.25, -0.2) is 4.79 Å². The number of unbranched alkanes of at least 4 members (excludes halogenated alkanes) is 2. The number of rotatable bonds is 12. The lowest BCUT2D eigenvalue weighted by Gasteiger charge is -2.11. The van der Waals surface area contributed by atoms with E-state index in [0.717, 1.165) is 6.07 Å². The zero-order valence-electron chi connectivity index (χ0n) is 17.0. The highest BCUT2D eigenvalue weighted by molar-refractivity contribution is 5.93. The smallest absolute Gasteiger partial charge is 0.342 e. The first-order chi connectivity index (χ1) is 14.7. The van der Waals surface area contributed by atoms with Gasteiger partial charge in [0.1, 0.15) is 11.3 Å². The van der Waals surface area contributed by atoms with Crippen LogP contribution in [0.15, 0.2) is 30.3 Å². The van der Waals surface area contributed by atoms with Crippen molar-refractivity contribution in [3.8, 4) is 17.2 Å². The number of benzene rings is 2. The number of aryl methyl sites for hydroxylation is 1. The molecule has 0 spiro atoms. The molecule has 0 amide bonds. The lowest BCUT2D eigenvalue weighted by molar-refractivity contribution is -0.385. The molecule has 2 aromatic rings. The van der Waals surface area contributed by atoms with Gasteiger partial charge < -0.3 is 19.3 Å². The van der Waals surface area contributed by atoms with E-state index in [-0.39, 0.29) is 29.4 Å². The minimum absolute atomic E-state index is 0.0948. The summed E-state index contributed by atoms with van der Waals surface area (Å²) in [6.45, 7) is 2.21. The van der Waals surface area contributed by atoms with E-state index in [0.29, 0.717) is 37.2 Å². The number of nitro groups is 2. The van der Waals surface area contributed by atoms with Gasteiger partial charge in [0.2, 0.25) is 0 Å². The van der Waals surface area contributed by atoms with E-state index in [1.54, 1.807) is 6.92 Å². The van der Waals surface area contributed by atoms with Gasteiger partial charge in [0.05, 0.1) is 42.3 Å². The van der Waals surface area contributed by atoms with Crippen LogP contribution in [0.5, 0.6) is 17.2 Å². The number of carboxylic acids is 1. The molecule has 166 valence electrons. The Balaban J connectivity index is 1.83. The van der Waals surface area contributed by atoms with Crippen LogP contribution in [0, 0.1) is 27.2 Å². The number of carbonyl (C=O) groups is 1. The Morgan fingerprint density at radius 2 is 1.58 bits per heavy atom. The molecule has 0 radical (unpaired) electrons. The maximum Gasteiger partial charge on any atom is 0.342 e. The fourth-order valence-corrected chi connectivity index (χ4v) is 2.79. The fourth-order valence-electron chi connectivity index (χ4n) is 2.79. The van der Waals surface area contributed by atoms with Crippen molar-refractivity contribution in [2.45, 2.75) is 26.2 Å². The van der Waals surface area contributed by atoms with Crippen LogP contribution in [-0.2, 0) is 0 Å². The highest BCUT2D eigenvalue weighted by atomic mass is 16.6. The highest BCUT2D eigenvalue weighted by Crippen LogP contribution is 2.31. The molecule has 0 atom stereocenters. The number of carboxylic acid groups (broad SMARTS) is 1. The molecule has 0 fully saturated rings. The lowest BCUT2D eigenvalue weighted by Crippen LogP contribution is -2.06. The third-order valence-corrected chi connectivity index (χ3v) is 4.38. The molecule has 11 heteroatoms. The summed E-state index contributed by atoms with van der Waals surface area (Å²) in [6, 6.07) is 6.45. The summed E-state index contributed by atoms with van der Waals surface area (Å²) in [5, 5.41) is 31.1. The van der Waals surface area contributed by atoms with Gasteiger partial charge in [0.25, 0.3) is 11.4 Å². The SMILES string of the molecule is COc1ccc([N+](=O)[O-])cc1OCCCCCOc1cc([N+](=O)[O-])c(C(=O)O)cc1C. The molecule has 0 unspecified atom stereocenters. The lowest BCUT2D eigenvalue weighted by atomic mass is 10.1. The molecule has 2 rings (SSSR count). The maximum absolute atomic E-state index is 11.1. The van der Waals surface area contributed by atoms with Gasteiger partial charge in [-0.2, -0.15) is 0 Å². The summed E-state index contributed by atoms with van der Waals surface area (Å²) in [4.78, 5) is 31.8. The molecular weight excluding hydrogens is 412 g/mol. The first-order valence-electron chi connectivity index (χ1n) is 9.35. The standard InChI is InChI=1S/C20H22N2O9/c1-13-10-15(20(23)24)16(22(27)28)12-18(13)30-8-4-3-5-9-31-19-11-14(21(25)26)6-7-17(19)29-2/h6-7,10-12H,3-5,8-9H2,1-2H3,(H,23,24). The van der Waals surface area contributed by atoms with Crippen molar-refractivity contribution in [1.82, 2.24) is 0 Å². The zero-order valence-corrected chi connectivity index (χ0v) is 17.0. The van der Waals surface area contributed by atoms with E-state index >= 15 is 0 Å². The number of ether oxygens (including phenoxy) is 3. The predicted octanol–water partition coefficient (Wildman–Crippen LogP) is 4.15. The normalized spacial score (nSPS) is 10.4. The summed E-state index contributed by atoms with van der Waals surface area (Å²) < 4.78 is 16.3. The van der Waals surface area contributed by atoms with Crippen LogP contribution in [0.25, 0.3) is 0 Å². The van der Waals surface area contributed by atoms with Crippen LogP contribution in [0.4, 0.5) is 11.4 Å². The Bertz CT molecular complexity index is 975. The van der Waals surface area contributed by atoms with Crippen LogP contribution >= 0.6 is 0 Å². The summed E-state index contributed by atoms with van der Waals surface area (Å²) in [7, 11) is 1.45. The van der Waals surface area contributed by atoms with Gasteiger partial charge in [0.15, 0.2) is 11.5 Å². The van der Waals surface area contributed by atoms with Crippen LogP contribution in [0.1, 0.15) is 35.2 Å². The number of methoxy groups -OCH3 is 1. The first-order valence-corrected chi connectivity index (χ1v) is 9.35. The van der Waals surface area contributed by atoms with Crippen molar-refractivity contribution in [3.05, 3.63) is 61.7 Å². The monoisotopic (exact) mass is 434 g/mol. The Labute approximate surface area is 177 Å². The molecule has 0 aliphatic heterocycles. The second-order valence-electron chi connectivity index (χ2n) is 6.55. The minimum Gasteiger partial charge on any atom is -0.493 e. The Morgan fingerprint density at radius 3 is 2.13 bits per heavy atom. The average Bonchev–Trinajstić information content (AvgIpc) is 2.73. The molecule has 0 aliphatic rings. The quantitative estimate of drug-likeness (QED) is 0.295. The van der Waals surface area contributed by atoms with Gasteiger partial charge in [-0.05, 0) is 43.9 Å². The van der Waals surface area contributed by atoms with E-state index in [9.17, 15) is 25.0 Å². The van der Waals surface area contributed by atoms with Crippen molar-refractivity contribution in [2.75, 3.05) is 20.3 Å². The largest absolute Gasteiger partial charge is 0.493 e. The fraction of sp³-hybridized carbons (Fsp3) is 0.350. The van der Waals surface area contributed by atoms with Crippen molar-refractivity contribution >= 4 is 17.3 Å². The van der Waals surface area contributed by atoms with E-state index in [2.05, 4.69) is 0 Å². The minimum atomic E-state index is -1.37. The molecule has 0 saturated heterocycles. The third kappa shape index (κ3) is 6.29. The Morgan fingerprint density at radius 1 is 0.935 bits per heavy atom. The average molecular weight is 434 g/mol. The Kier molecular flexibility index (Phi) is 8.12. The van der Waals surface area contributed by atoms with E-state index < -0.39 is 21.5 Å².